The van der Waals surface area contributed by atoms with E-state index in [0.29, 0.717) is 12.5 Å². The van der Waals surface area contributed by atoms with Crippen molar-refractivity contribution in [3.8, 4) is 5.75 Å². The molecule has 2 rings (SSSR count). The highest BCUT2D eigenvalue weighted by atomic mass is 35.5. The summed E-state index contributed by atoms with van der Waals surface area (Å²) in [6.45, 7) is 7.01. The van der Waals surface area contributed by atoms with Crippen molar-refractivity contribution in [2.24, 2.45) is 0 Å². The van der Waals surface area contributed by atoms with Gasteiger partial charge in [-0.2, -0.15) is 0 Å². The molecule has 20 heavy (non-hydrogen) atoms. The van der Waals surface area contributed by atoms with Crippen LogP contribution in [0.4, 0.5) is 0 Å². The normalized spacial score (nSPS) is 12.4. The van der Waals surface area contributed by atoms with Gasteiger partial charge in [-0.15, -0.1) is 11.6 Å². The third-order valence-corrected chi connectivity index (χ3v) is 3.87. The number of halogens is 1. The van der Waals surface area contributed by atoms with E-state index < -0.39 is 0 Å². The molecule has 2 aromatic rings. The molecule has 1 unspecified atom stereocenters. The molecule has 1 nitrogen and oxygen atoms in total. The van der Waals surface area contributed by atoms with Crippen molar-refractivity contribution in [2.45, 2.75) is 32.1 Å². The second kappa shape index (κ2) is 6.81. The van der Waals surface area contributed by atoms with Gasteiger partial charge in [-0.3, -0.25) is 0 Å². The predicted molar refractivity (Wildman–Crippen MR) is 85.8 cm³/mol. The Morgan fingerprint density at radius 3 is 2.15 bits per heavy atom. The number of hydrogen-bond acceptors (Lipinski definition) is 1. The van der Waals surface area contributed by atoms with E-state index in [2.05, 4.69) is 38.1 Å². The molecule has 0 aliphatic rings. The lowest BCUT2D eigenvalue weighted by Gasteiger charge is -2.16. The third-order valence-electron chi connectivity index (χ3n) is 3.39. The number of alkyl halides is 1. The van der Waals surface area contributed by atoms with Gasteiger partial charge in [0.2, 0.25) is 0 Å². The second-order valence-electron chi connectivity index (χ2n) is 5.15. The number of ether oxygens (including phenoxy) is 1. The Morgan fingerprint density at radius 1 is 0.950 bits per heavy atom. The summed E-state index contributed by atoms with van der Waals surface area (Å²) in [6.07, 6.45) is 0. The maximum atomic E-state index is 6.62. The summed E-state index contributed by atoms with van der Waals surface area (Å²) >= 11 is 6.62. The van der Waals surface area contributed by atoms with Crippen LogP contribution in [-0.2, 0) is 0 Å². The fourth-order valence-corrected chi connectivity index (χ4v) is 2.53. The van der Waals surface area contributed by atoms with Gasteiger partial charge in [-0.25, -0.2) is 0 Å². The SMILES string of the molecule is CCOc1ccccc1C(Cl)c1ccc(C(C)C)cc1. The quantitative estimate of drug-likeness (QED) is 0.657. The molecule has 2 heteroatoms. The number of rotatable bonds is 5. The summed E-state index contributed by atoms with van der Waals surface area (Å²) in [5, 5.41) is -0.182. The molecule has 0 saturated carbocycles. The Balaban J connectivity index is 2.28. The van der Waals surface area contributed by atoms with Crippen molar-refractivity contribution in [3.63, 3.8) is 0 Å². The monoisotopic (exact) mass is 288 g/mol. The Hall–Kier alpha value is -1.47. The Kier molecular flexibility index (Phi) is 5.08. The Morgan fingerprint density at radius 2 is 1.55 bits per heavy atom. The van der Waals surface area contributed by atoms with Gasteiger partial charge in [0.1, 0.15) is 5.75 Å². The van der Waals surface area contributed by atoms with Crippen LogP contribution in [0, 0.1) is 0 Å². The highest BCUT2D eigenvalue weighted by molar-refractivity contribution is 6.22. The van der Waals surface area contributed by atoms with E-state index in [9.17, 15) is 0 Å². The van der Waals surface area contributed by atoms with E-state index in [1.807, 2.05) is 31.2 Å². The molecule has 106 valence electrons. The molecule has 0 heterocycles. The molecule has 0 amide bonds. The number of para-hydroxylation sites is 1. The lowest BCUT2D eigenvalue weighted by Crippen LogP contribution is -2.00. The minimum absolute atomic E-state index is 0.182. The first kappa shape index (κ1) is 14.9. The van der Waals surface area contributed by atoms with Crippen LogP contribution in [0.3, 0.4) is 0 Å². The maximum absolute atomic E-state index is 6.62. The molecular formula is C18H21ClO. The van der Waals surface area contributed by atoms with E-state index in [-0.39, 0.29) is 5.38 Å². The van der Waals surface area contributed by atoms with Gasteiger partial charge in [0.05, 0.1) is 12.0 Å². The molecule has 0 aliphatic carbocycles. The van der Waals surface area contributed by atoms with E-state index >= 15 is 0 Å². The van der Waals surface area contributed by atoms with Gasteiger partial charge in [0.25, 0.3) is 0 Å². The van der Waals surface area contributed by atoms with Gasteiger partial charge < -0.3 is 4.74 Å². The summed E-state index contributed by atoms with van der Waals surface area (Å²) < 4.78 is 5.66. The average molecular weight is 289 g/mol. The van der Waals surface area contributed by atoms with Crippen molar-refractivity contribution in [2.75, 3.05) is 6.61 Å². The minimum Gasteiger partial charge on any atom is -0.494 e. The lowest BCUT2D eigenvalue weighted by molar-refractivity contribution is 0.337. The molecule has 0 aromatic heterocycles. The predicted octanol–water partition coefficient (Wildman–Crippen LogP) is 5.54. The third kappa shape index (κ3) is 3.34. The van der Waals surface area contributed by atoms with E-state index in [0.717, 1.165) is 16.9 Å². The lowest BCUT2D eigenvalue weighted by atomic mass is 9.98. The van der Waals surface area contributed by atoms with E-state index in [1.54, 1.807) is 0 Å². The molecule has 0 fully saturated rings. The number of hydrogen-bond donors (Lipinski definition) is 0. The molecule has 0 N–H and O–H groups in total. The highest BCUT2D eigenvalue weighted by Gasteiger charge is 2.15. The fourth-order valence-electron chi connectivity index (χ4n) is 2.21. The van der Waals surface area contributed by atoms with Gasteiger partial charge in [-0.1, -0.05) is 56.3 Å². The van der Waals surface area contributed by atoms with E-state index in [4.69, 9.17) is 16.3 Å². The highest BCUT2D eigenvalue weighted by Crippen LogP contribution is 2.35. The van der Waals surface area contributed by atoms with Gasteiger partial charge in [0.15, 0.2) is 0 Å². The first-order chi connectivity index (χ1) is 9.63. The standard InChI is InChI=1S/C18H21ClO/c1-4-20-17-8-6-5-7-16(17)18(19)15-11-9-14(10-12-15)13(2)3/h5-13,18H,4H2,1-3H3. The van der Waals surface area contributed by atoms with Crippen molar-refractivity contribution in [3.05, 3.63) is 65.2 Å². The van der Waals surface area contributed by atoms with Crippen LogP contribution in [0.25, 0.3) is 0 Å². The average Bonchev–Trinajstić information content (AvgIpc) is 2.47. The molecule has 0 radical (unpaired) electrons. The van der Waals surface area contributed by atoms with Crippen molar-refractivity contribution < 1.29 is 4.74 Å². The van der Waals surface area contributed by atoms with Gasteiger partial charge in [0, 0.05) is 5.56 Å². The van der Waals surface area contributed by atoms with Crippen molar-refractivity contribution in [1.82, 2.24) is 0 Å². The maximum Gasteiger partial charge on any atom is 0.124 e. The first-order valence-corrected chi connectivity index (χ1v) is 7.52. The Bertz CT molecular complexity index is 546. The molecule has 0 bridgehead atoms. The first-order valence-electron chi connectivity index (χ1n) is 7.09. The summed E-state index contributed by atoms with van der Waals surface area (Å²) in [5.41, 5.74) is 3.45. The zero-order valence-electron chi connectivity index (χ0n) is 12.3. The topological polar surface area (TPSA) is 9.23 Å². The largest absolute Gasteiger partial charge is 0.494 e. The van der Waals surface area contributed by atoms with Crippen LogP contribution in [0.5, 0.6) is 5.75 Å². The number of benzene rings is 2. The van der Waals surface area contributed by atoms with Crippen molar-refractivity contribution in [1.29, 1.82) is 0 Å². The van der Waals surface area contributed by atoms with E-state index in [1.165, 1.54) is 5.56 Å². The summed E-state index contributed by atoms with van der Waals surface area (Å²) in [5.74, 6) is 1.40. The van der Waals surface area contributed by atoms with Crippen LogP contribution < -0.4 is 4.74 Å². The molecule has 0 spiro atoms. The molecule has 0 saturated heterocycles. The molecule has 1 atom stereocenters. The fraction of sp³-hybridized carbons (Fsp3) is 0.333. The van der Waals surface area contributed by atoms with Gasteiger partial charge >= 0.3 is 0 Å². The van der Waals surface area contributed by atoms with Crippen LogP contribution >= 0.6 is 11.6 Å². The summed E-state index contributed by atoms with van der Waals surface area (Å²) in [6, 6.07) is 16.5. The molecule has 0 aliphatic heterocycles. The second-order valence-corrected chi connectivity index (χ2v) is 5.59. The smallest absolute Gasteiger partial charge is 0.124 e. The zero-order chi connectivity index (χ0) is 14.5. The minimum atomic E-state index is -0.182. The van der Waals surface area contributed by atoms with Gasteiger partial charge in [-0.05, 0) is 30.0 Å². The summed E-state index contributed by atoms with van der Waals surface area (Å²) in [7, 11) is 0. The van der Waals surface area contributed by atoms with Crippen LogP contribution in [0.2, 0.25) is 0 Å². The van der Waals surface area contributed by atoms with Crippen LogP contribution in [-0.4, -0.2) is 6.61 Å². The van der Waals surface area contributed by atoms with Crippen LogP contribution in [0.1, 0.15) is 48.8 Å². The Labute approximate surface area is 126 Å². The van der Waals surface area contributed by atoms with Crippen LogP contribution in [0.15, 0.2) is 48.5 Å². The molecule has 2 aromatic carbocycles. The molecular weight excluding hydrogens is 268 g/mol. The zero-order valence-corrected chi connectivity index (χ0v) is 13.0. The van der Waals surface area contributed by atoms with Crippen molar-refractivity contribution >= 4 is 11.6 Å². The summed E-state index contributed by atoms with van der Waals surface area (Å²) in [4.78, 5) is 0.